The zero-order valence-corrected chi connectivity index (χ0v) is 9.49. The zero-order chi connectivity index (χ0) is 8.65. The highest BCUT2D eigenvalue weighted by Crippen LogP contribution is 2.40. The van der Waals surface area contributed by atoms with Crippen molar-refractivity contribution < 1.29 is 8.78 Å². The predicted molar refractivity (Wildman–Crippen MR) is 49.3 cm³/mol. The molecule has 62 valence electrons. The van der Waals surface area contributed by atoms with Crippen LogP contribution in [0.1, 0.15) is 12.5 Å². The van der Waals surface area contributed by atoms with Gasteiger partial charge in [-0.25, -0.2) is 8.78 Å². The van der Waals surface area contributed by atoms with E-state index in [0.717, 1.165) is 6.92 Å². The van der Waals surface area contributed by atoms with Crippen LogP contribution in [0.25, 0.3) is 0 Å². The molecule has 0 spiro atoms. The normalized spacial score (nSPS) is 12.1. The van der Waals surface area contributed by atoms with Crippen molar-refractivity contribution in [3.8, 4) is 0 Å². The maximum Gasteiger partial charge on any atom is 0.272 e. The fourth-order valence-corrected chi connectivity index (χ4v) is 3.69. The smallest absolute Gasteiger partial charge is 0.202 e. The van der Waals surface area contributed by atoms with Gasteiger partial charge in [0.05, 0.1) is 7.57 Å². The molecule has 0 aliphatic heterocycles. The van der Waals surface area contributed by atoms with Crippen LogP contribution in [0.2, 0.25) is 0 Å². The molecule has 0 fully saturated rings. The molecule has 5 heteroatoms. The number of alkyl halides is 2. The third kappa shape index (κ3) is 2.23. The Labute approximate surface area is 83.9 Å². The van der Waals surface area contributed by atoms with Crippen LogP contribution in [0.5, 0.6) is 0 Å². The molecule has 0 aliphatic carbocycles. The third-order valence-corrected chi connectivity index (χ3v) is 3.47. The molecule has 11 heavy (non-hydrogen) atoms. The molecule has 0 N–H and O–H groups in total. The molecule has 1 heterocycles. The van der Waals surface area contributed by atoms with Gasteiger partial charge in [-0.1, -0.05) is 0 Å². The predicted octanol–water partition coefficient (Wildman–Crippen LogP) is 4.38. The van der Waals surface area contributed by atoms with E-state index in [0.29, 0.717) is 7.57 Å². The van der Waals surface area contributed by atoms with Gasteiger partial charge < -0.3 is 0 Å². The van der Waals surface area contributed by atoms with Crippen molar-refractivity contribution in [3.63, 3.8) is 0 Å². The average Bonchev–Trinajstić information content (AvgIpc) is 2.08. The van der Waals surface area contributed by atoms with E-state index in [1.54, 1.807) is 0 Å². The topological polar surface area (TPSA) is 0 Å². The van der Waals surface area contributed by atoms with E-state index in [1.807, 2.05) is 0 Å². The van der Waals surface area contributed by atoms with Gasteiger partial charge in [0.1, 0.15) is 0 Å². The molecule has 0 nitrogen and oxygen atoms in total. The molecule has 0 saturated heterocycles. The summed E-state index contributed by atoms with van der Waals surface area (Å²) < 4.78 is 26.6. The lowest BCUT2D eigenvalue weighted by atomic mass is 10.2. The molecular weight excluding hydrogens is 302 g/mol. The highest BCUT2D eigenvalue weighted by molar-refractivity contribution is 9.12. The first-order chi connectivity index (χ1) is 4.91. The quantitative estimate of drug-likeness (QED) is 0.722. The summed E-state index contributed by atoms with van der Waals surface area (Å²) in [6.07, 6.45) is 0. The molecule has 1 rings (SSSR count). The Kier molecular flexibility index (Phi) is 2.71. The van der Waals surface area contributed by atoms with Gasteiger partial charge in [0.25, 0.3) is 5.92 Å². The minimum Gasteiger partial charge on any atom is -0.202 e. The first-order valence-electron chi connectivity index (χ1n) is 2.74. The Morgan fingerprint density at radius 2 is 2.00 bits per heavy atom. The number of thiophene rings is 1. The second-order valence-electron chi connectivity index (χ2n) is 2.13. The van der Waals surface area contributed by atoms with Gasteiger partial charge in [0.15, 0.2) is 0 Å². The summed E-state index contributed by atoms with van der Waals surface area (Å²) >= 11 is 7.44. The summed E-state index contributed by atoms with van der Waals surface area (Å²) in [4.78, 5) is 0. The molecule has 0 aliphatic rings. The third-order valence-electron chi connectivity index (χ3n) is 1.13. The SMILES string of the molecule is CC(F)(F)c1cc(Br)sc1Br. The zero-order valence-electron chi connectivity index (χ0n) is 5.50. The Morgan fingerprint density at radius 3 is 2.18 bits per heavy atom. The van der Waals surface area contributed by atoms with Gasteiger partial charge in [0, 0.05) is 12.5 Å². The standard InChI is InChI=1S/C6H4Br2F2S/c1-6(9,10)3-2-4(7)11-5(3)8/h2H,1H3. The second-order valence-corrected chi connectivity index (χ2v) is 5.88. The minimum atomic E-state index is -2.76. The van der Waals surface area contributed by atoms with E-state index >= 15 is 0 Å². The van der Waals surface area contributed by atoms with Gasteiger partial charge in [-0.05, 0) is 37.9 Å². The lowest BCUT2D eigenvalue weighted by Gasteiger charge is -2.07. The van der Waals surface area contributed by atoms with Crippen LogP contribution < -0.4 is 0 Å². The van der Waals surface area contributed by atoms with Crippen LogP contribution in [0, 0.1) is 0 Å². The van der Waals surface area contributed by atoms with E-state index in [4.69, 9.17) is 0 Å². The Hall–Kier alpha value is 0.520. The number of halogens is 4. The molecular formula is C6H4Br2F2S. The maximum atomic E-state index is 12.7. The minimum absolute atomic E-state index is 0.0365. The molecule has 0 aromatic carbocycles. The van der Waals surface area contributed by atoms with Gasteiger partial charge in [-0.3, -0.25) is 0 Å². The number of rotatable bonds is 1. The first kappa shape index (κ1) is 9.61. The Balaban J connectivity index is 3.13. The summed E-state index contributed by atoms with van der Waals surface area (Å²) in [5.41, 5.74) is 0.0365. The second kappa shape index (κ2) is 3.11. The lowest BCUT2D eigenvalue weighted by molar-refractivity contribution is 0.0172. The Morgan fingerprint density at radius 1 is 1.45 bits per heavy atom. The van der Waals surface area contributed by atoms with Crippen LogP contribution in [0.3, 0.4) is 0 Å². The highest BCUT2D eigenvalue weighted by Gasteiger charge is 2.28. The summed E-state index contributed by atoms with van der Waals surface area (Å²) in [5, 5.41) is 0. The molecule has 0 bridgehead atoms. The van der Waals surface area contributed by atoms with E-state index in [1.165, 1.54) is 17.4 Å². The van der Waals surface area contributed by atoms with Crippen molar-refractivity contribution in [3.05, 3.63) is 19.2 Å². The van der Waals surface area contributed by atoms with Gasteiger partial charge in [0.2, 0.25) is 0 Å². The molecule has 0 saturated carbocycles. The van der Waals surface area contributed by atoms with Crippen molar-refractivity contribution in [2.75, 3.05) is 0 Å². The lowest BCUT2D eigenvalue weighted by Crippen LogP contribution is -2.05. The summed E-state index contributed by atoms with van der Waals surface area (Å²) in [6, 6.07) is 1.43. The summed E-state index contributed by atoms with van der Waals surface area (Å²) in [5.74, 6) is -2.76. The van der Waals surface area contributed by atoms with Crippen molar-refractivity contribution >= 4 is 43.2 Å². The molecule has 0 radical (unpaired) electrons. The fourth-order valence-electron chi connectivity index (χ4n) is 0.640. The van der Waals surface area contributed by atoms with Crippen molar-refractivity contribution in [2.45, 2.75) is 12.8 Å². The van der Waals surface area contributed by atoms with Crippen LogP contribution in [0.4, 0.5) is 8.78 Å². The van der Waals surface area contributed by atoms with Gasteiger partial charge in [-0.2, -0.15) is 0 Å². The molecule has 1 aromatic heterocycles. The largest absolute Gasteiger partial charge is 0.272 e. The van der Waals surface area contributed by atoms with E-state index in [-0.39, 0.29) is 5.56 Å². The highest BCUT2D eigenvalue weighted by atomic mass is 79.9. The molecule has 1 aromatic rings. The maximum absolute atomic E-state index is 12.7. The molecule has 0 atom stereocenters. The number of hydrogen-bond acceptors (Lipinski definition) is 1. The monoisotopic (exact) mass is 304 g/mol. The van der Waals surface area contributed by atoms with E-state index in [9.17, 15) is 8.78 Å². The molecule has 0 unspecified atom stereocenters. The van der Waals surface area contributed by atoms with E-state index in [2.05, 4.69) is 31.9 Å². The molecule has 0 amide bonds. The average molecular weight is 306 g/mol. The number of hydrogen-bond donors (Lipinski definition) is 0. The Bertz CT molecular complexity index is 264. The van der Waals surface area contributed by atoms with Crippen molar-refractivity contribution in [1.29, 1.82) is 0 Å². The van der Waals surface area contributed by atoms with Crippen molar-refractivity contribution in [2.24, 2.45) is 0 Å². The van der Waals surface area contributed by atoms with Gasteiger partial charge in [-0.15, -0.1) is 11.3 Å². The van der Waals surface area contributed by atoms with Crippen LogP contribution in [0.15, 0.2) is 13.6 Å². The van der Waals surface area contributed by atoms with Gasteiger partial charge >= 0.3 is 0 Å². The van der Waals surface area contributed by atoms with Crippen molar-refractivity contribution in [1.82, 2.24) is 0 Å². The fraction of sp³-hybridized carbons (Fsp3) is 0.333. The van der Waals surface area contributed by atoms with E-state index < -0.39 is 5.92 Å². The first-order valence-corrected chi connectivity index (χ1v) is 5.14. The van der Waals surface area contributed by atoms with Crippen LogP contribution in [-0.2, 0) is 5.92 Å². The summed E-state index contributed by atoms with van der Waals surface area (Å²) in [6.45, 7) is 0.881. The van der Waals surface area contributed by atoms with Crippen LogP contribution in [-0.4, -0.2) is 0 Å². The summed E-state index contributed by atoms with van der Waals surface area (Å²) in [7, 11) is 0. The van der Waals surface area contributed by atoms with Crippen LogP contribution >= 0.6 is 43.2 Å².